The SMILES string of the molecule is CCCC1C(C(C)CC)C1(C)CC. The van der Waals surface area contributed by atoms with E-state index >= 15 is 0 Å². The first-order valence-corrected chi connectivity index (χ1v) is 6.11. The Morgan fingerprint density at radius 1 is 1.23 bits per heavy atom. The van der Waals surface area contributed by atoms with Crippen LogP contribution in [0.1, 0.15) is 60.3 Å². The quantitative estimate of drug-likeness (QED) is 0.587. The van der Waals surface area contributed by atoms with E-state index in [2.05, 4.69) is 34.6 Å². The lowest BCUT2D eigenvalue weighted by atomic mass is 9.94. The Bertz CT molecular complexity index is 161. The van der Waals surface area contributed by atoms with Crippen LogP contribution in [0.3, 0.4) is 0 Å². The van der Waals surface area contributed by atoms with Gasteiger partial charge < -0.3 is 0 Å². The standard InChI is InChI=1S/C13H26/c1-6-9-11-12(10(4)7-2)13(11,5)8-3/h10-12H,6-9H2,1-5H3. The molecule has 1 saturated carbocycles. The summed E-state index contributed by atoms with van der Waals surface area (Å²) in [5.74, 6) is 3.02. The molecule has 4 atom stereocenters. The highest BCUT2D eigenvalue weighted by Crippen LogP contribution is 2.66. The second-order valence-electron chi connectivity index (χ2n) is 5.17. The molecular formula is C13H26. The minimum Gasteiger partial charge on any atom is -0.0654 e. The molecule has 1 aliphatic rings. The Hall–Kier alpha value is 0. The van der Waals surface area contributed by atoms with Crippen LogP contribution in [-0.2, 0) is 0 Å². The fourth-order valence-corrected chi connectivity index (χ4v) is 3.32. The highest BCUT2D eigenvalue weighted by Gasteiger charge is 2.59. The minimum absolute atomic E-state index is 0.700. The summed E-state index contributed by atoms with van der Waals surface area (Å²) in [6.45, 7) is 12.0. The molecule has 0 aromatic rings. The summed E-state index contributed by atoms with van der Waals surface area (Å²) in [4.78, 5) is 0. The zero-order chi connectivity index (χ0) is 10.1. The Labute approximate surface area is 84.1 Å². The Morgan fingerprint density at radius 2 is 1.85 bits per heavy atom. The van der Waals surface area contributed by atoms with E-state index in [-0.39, 0.29) is 0 Å². The van der Waals surface area contributed by atoms with Crippen molar-refractivity contribution in [1.29, 1.82) is 0 Å². The van der Waals surface area contributed by atoms with E-state index < -0.39 is 0 Å². The van der Waals surface area contributed by atoms with Gasteiger partial charge in [0.1, 0.15) is 0 Å². The molecule has 0 aromatic heterocycles. The smallest absolute Gasteiger partial charge is 0.0264 e. The summed E-state index contributed by atoms with van der Waals surface area (Å²) in [7, 11) is 0. The van der Waals surface area contributed by atoms with Crippen molar-refractivity contribution >= 4 is 0 Å². The van der Waals surface area contributed by atoms with E-state index in [1.165, 1.54) is 25.7 Å². The van der Waals surface area contributed by atoms with Crippen molar-refractivity contribution in [1.82, 2.24) is 0 Å². The van der Waals surface area contributed by atoms with Gasteiger partial charge in [0.05, 0.1) is 0 Å². The van der Waals surface area contributed by atoms with Gasteiger partial charge in [-0.2, -0.15) is 0 Å². The molecule has 13 heavy (non-hydrogen) atoms. The first-order valence-electron chi connectivity index (χ1n) is 6.11. The van der Waals surface area contributed by atoms with Gasteiger partial charge in [-0.25, -0.2) is 0 Å². The molecule has 0 radical (unpaired) electrons. The van der Waals surface area contributed by atoms with Gasteiger partial charge in [-0.3, -0.25) is 0 Å². The molecule has 0 aromatic carbocycles. The molecule has 1 fully saturated rings. The van der Waals surface area contributed by atoms with Gasteiger partial charge in [0.2, 0.25) is 0 Å². The van der Waals surface area contributed by atoms with E-state index in [4.69, 9.17) is 0 Å². The zero-order valence-electron chi connectivity index (χ0n) is 10.1. The summed E-state index contributed by atoms with van der Waals surface area (Å²) in [5, 5.41) is 0. The molecular weight excluding hydrogens is 156 g/mol. The van der Waals surface area contributed by atoms with Crippen molar-refractivity contribution in [2.24, 2.45) is 23.2 Å². The fraction of sp³-hybridized carbons (Fsp3) is 1.00. The highest BCUT2D eigenvalue weighted by molar-refractivity contribution is 5.07. The van der Waals surface area contributed by atoms with Gasteiger partial charge in [-0.05, 0) is 29.6 Å². The maximum Gasteiger partial charge on any atom is -0.0264 e. The summed E-state index contributed by atoms with van der Waals surface area (Å²) in [6, 6.07) is 0. The van der Waals surface area contributed by atoms with Crippen molar-refractivity contribution in [2.75, 3.05) is 0 Å². The first-order chi connectivity index (χ1) is 6.11. The van der Waals surface area contributed by atoms with Gasteiger partial charge in [-0.1, -0.05) is 53.9 Å². The van der Waals surface area contributed by atoms with Crippen LogP contribution < -0.4 is 0 Å². The van der Waals surface area contributed by atoms with Crippen molar-refractivity contribution < 1.29 is 0 Å². The van der Waals surface area contributed by atoms with E-state index in [0.717, 1.165) is 17.8 Å². The van der Waals surface area contributed by atoms with Gasteiger partial charge in [0, 0.05) is 0 Å². The maximum absolute atomic E-state index is 2.50. The Balaban J connectivity index is 2.56. The molecule has 0 aliphatic heterocycles. The van der Waals surface area contributed by atoms with Crippen molar-refractivity contribution in [3.63, 3.8) is 0 Å². The van der Waals surface area contributed by atoms with Gasteiger partial charge >= 0.3 is 0 Å². The average molecular weight is 182 g/mol. The van der Waals surface area contributed by atoms with E-state index in [9.17, 15) is 0 Å². The molecule has 0 saturated heterocycles. The molecule has 0 amide bonds. The zero-order valence-corrected chi connectivity index (χ0v) is 10.1. The number of rotatable bonds is 5. The van der Waals surface area contributed by atoms with Gasteiger partial charge in [-0.15, -0.1) is 0 Å². The van der Waals surface area contributed by atoms with E-state index in [0.29, 0.717) is 5.41 Å². The third kappa shape index (κ3) is 1.78. The lowest BCUT2D eigenvalue weighted by Crippen LogP contribution is -2.03. The van der Waals surface area contributed by atoms with Crippen LogP contribution in [0.5, 0.6) is 0 Å². The lowest BCUT2D eigenvalue weighted by Gasteiger charge is -2.11. The van der Waals surface area contributed by atoms with Gasteiger partial charge in [0.25, 0.3) is 0 Å². The van der Waals surface area contributed by atoms with Crippen LogP contribution in [0.2, 0.25) is 0 Å². The average Bonchev–Trinajstić information content (AvgIpc) is 2.72. The van der Waals surface area contributed by atoms with Gasteiger partial charge in [0.15, 0.2) is 0 Å². The molecule has 0 heteroatoms. The van der Waals surface area contributed by atoms with Crippen molar-refractivity contribution in [3.8, 4) is 0 Å². The van der Waals surface area contributed by atoms with Crippen LogP contribution in [0.15, 0.2) is 0 Å². The Morgan fingerprint density at radius 3 is 2.23 bits per heavy atom. The molecule has 0 nitrogen and oxygen atoms in total. The molecule has 4 unspecified atom stereocenters. The summed E-state index contributed by atoms with van der Waals surface area (Å²) in [5.41, 5.74) is 0.700. The lowest BCUT2D eigenvalue weighted by molar-refractivity contribution is 0.382. The number of hydrogen-bond donors (Lipinski definition) is 0. The molecule has 0 heterocycles. The molecule has 78 valence electrons. The van der Waals surface area contributed by atoms with Crippen molar-refractivity contribution in [2.45, 2.75) is 60.3 Å². The first kappa shape index (κ1) is 11.1. The van der Waals surface area contributed by atoms with Crippen LogP contribution in [0.25, 0.3) is 0 Å². The predicted molar refractivity (Wildman–Crippen MR) is 59.7 cm³/mol. The second kappa shape index (κ2) is 4.02. The second-order valence-corrected chi connectivity index (χ2v) is 5.17. The third-order valence-electron chi connectivity index (χ3n) is 4.55. The normalized spacial score (nSPS) is 40.4. The third-order valence-corrected chi connectivity index (χ3v) is 4.55. The molecule has 1 aliphatic carbocycles. The summed E-state index contributed by atoms with van der Waals surface area (Å²) < 4.78 is 0. The largest absolute Gasteiger partial charge is 0.0654 e. The number of hydrogen-bond acceptors (Lipinski definition) is 0. The summed E-state index contributed by atoms with van der Waals surface area (Å²) >= 11 is 0. The predicted octanol–water partition coefficient (Wildman–Crippen LogP) is 4.49. The highest BCUT2D eigenvalue weighted by atomic mass is 14.6. The monoisotopic (exact) mass is 182 g/mol. The minimum atomic E-state index is 0.700. The Kier molecular flexibility index (Phi) is 3.43. The molecule has 0 N–H and O–H groups in total. The molecule has 0 bridgehead atoms. The fourth-order valence-electron chi connectivity index (χ4n) is 3.32. The van der Waals surface area contributed by atoms with Crippen LogP contribution in [0, 0.1) is 23.2 Å². The molecule has 1 rings (SSSR count). The van der Waals surface area contributed by atoms with Crippen LogP contribution in [-0.4, -0.2) is 0 Å². The topological polar surface area (TPSA) is 0 Å². The van der Waals surface area contributed by atoms with Crippen LogP contribution >= 0.6 is 0 Å². The van der Waals surface area contributed by atoms with Crippen molar-refractivity contribution in [3.05, 3.63) is 0 Å². The molecule has 0 spiro atoms. The van der Waals surface area contributed by atoms with Crippen LogP contribution in [0.4, 0.5) is 0 Å². The van der Waals surface area contributed by atoms with E-state index in [1.807, 2.05) is 0 Å². The summed E-state index contributed by atoms with van der Waals surface area (Å²) in [6.07, 6.45) is 5.57. The van der Waals surface area contributed by atoms with E-state index in [1.54, 1.807) is 0 Å². The maximum atomic E-state index is 2.50.